The second-order valence-corrected chi connectivity index (χ2v) is 12.0. The van der Waals surface area contributed by atoms with Crippen LogP contribution in [0.25, 0.3) is 0 Å². The number of aliphatic hydroxyl groups is 2. The van der Waals surface area contributed by atoms with Gasteiger partial charge in [0, 0.05) is 6.42 Å². The van der Waals surface area contributed by atoms with Crippen LogP contribution in [-0.4, -0.2) is 35.0 Å². The highest BCUT2D eigenvalue weighted by molar-refractivity contribution is 5.88. The maximum absolute atomic E-state index is 12.4. The molecule has 3 fully saturated rings. The molecule has 7 unspecified atom stereocenters. The van der Waals surface area contributed by atoms with Crippen molar-refractivity contribution in [3.63, 3.8) is 0 Å². The van der Waals surface area contributed by atoms with Gasteiger partial charge in [-0.3, -0.25) is 0 Å². The zero-order valence-electron chi connectivity index (χ0n) is 20.9. The number of allylic oxidation sites excluding steroid dienone is 1. The lowest BCUT2D eigenvalue weighted by molar-refractivity contribution is -0.150. The van der Waals surface area contributed by atoms with Crippen LogP contribution in [0.2, 0.25) is 0 Å². The van der Waals surface area contributed by atoms with Crippen molar-refractivity contribution < 1.29 is 19.7 Å². The molecule has 4 heteroatoms. The van der Waals surface area contributed by atoms with Crippen LogP contribution in [0.15, 0.2) is 36.5 Å². The first-order valence-corrected chi connectivity index (χ1v) is 13.1. The van der Waals surface area contributed by atoms with E-state index in [2.05, 4.69) is 40.0 Å². The molecule has 0 heterocycles. The van der Waals surface area contributed by atoms with Crippen LogP contribution < -0.4 is 0 Å². The fourth-order valence-corrected chi connectivity index (χ4v) is 8.62. The molecule has 4 rings (SSSR count). The third-order valence-corrected chi connectivity index (χ3v) is 10.5. The van der Waals surface area contributed by atoms with Gasteiger partial charge in [0.15, 0.2) is 0 Å². The summed E-state index contributed by atoms with van der Waals surface area (Å²) in [5.74, 6) is 2.41. The number of hydrogen-bond donors (Lipinski definition) is 2. The number of carbonyl (C=O) groups is 1. The molecule has 33 heavy (non-hydrogen) atoms. The molecule has 0 aromatic rings. The Labute approximate surface area is 200 Å². The van der Waals surface area contributed by atoms with E-state index in [1.165, 1.54) is 31.3 Å². The minimum Gasteiger partial charge on any atom is -0.458 e. The van der Waals surface area contributed by atoms with Crippen LogP contribution >= 0.6 is 0 Å². The Morgan fingerprint density at radius 2 is 2.00 bits per heavy atom. The summed E-state index contributed by atoms with van der Waals surface area (Å²) in [6.07, 6.45) is 13.6. The summed E-state index contributed by atoms with van der Waals surface area (Å²) in [6.45, 7) is 14.4. The SMILES string of the molecule is C=CCC(OC(=O)C(=C)CO)[C@@H](C)C1CCC2C3CC=C4CC(O)CC[C@]4(C)C3CCC21C. The zero-order chi connectivity index (χ0) is 24.0. The van der Waals surface area contributed by atoms with Crippen molar-refractivity contribution in [1.29, 1.82) is 0 Å². The fraction of sp³-hybridized carbons (Fsp3) is 0.759. The van der Waals surface area contributed by atoms with Gasteiger partial charge in [-0.05, 0) is 91.8 Å². The van der Waals surface area contributed by atoms with E-state index in [4.69, 9.17) is 4.74 Å². The summed E-state index contributed by atoms with van der Waals surface area (Å²) in [5, 5.41) is 19.5. The third kappa shape index (κ3) is 4.16. The minimum absolute atomic E-state index is 0.114. The molecule has 0 amide bonds. The predicted molar refractivity (Wildman–Crippen MR) is 131 cm³/mol. The van der Waals surface area contributed by atoms with E-state index in [9.17, 15) is 15.0 Å². The first-order chi connectivity index (χ1) is 15.7. The van der Waals surface area contributed by atoms with Gasteiger partial charge in [0.05, 0.1) is 18.3 Å². The number of hydrogen-bond acceptors (Lipinski definition) is 4. The molecule has 4 aliphatic rings. The van der Waals surface area contributed by atoms with Crippen LogP contribution in [0.5, 0.6) is 0 Å². The molecule has 2 N–H and O–H groups in total. The Bertz CT molecular complexity index is 814. The Balaban J connectivity index is 1.54. The van der Waals surface area contributed by atoms with Crippen molar-refractivity contribution in [3.8, 4) is 0 Å². The summed E-state index contributed by atoms with van der Waals surface area (Å²) in [6, 6.07) is 0. The molecule has 0 aromatic heterocycles. The second kappa shape index (κ2) is 9.34. The predicted octanol–water partition coefficient (Wildman–Crippen LogP) is 5.60. The second-order valence-electron chi connectivity index (χ2n) is 12.0. The minimum atomic E-state index is -0.489. The van der Waals surface area contributed by atoms with Crippen LogP contribution in [0.4, 0.5) is 0 Å². The van der Waals surface area contributed by atoms with Gasteiger partial charge in [-0.25, -0.2) is 4.79 Å². The molecule has 184 valence electrons. The molecular formula is C29H44O4. The standard InChI is InChI=1S/C29H44O4/c1-6-7-26(33-27(32)18(2)17-30)19(3)23-10-11-24-22-9-8-20-16-21(31)12-14-28(20,4)25(22)13-15-29(23,24)5/h6,8,19,21-26,30-31H,1-2,7,9-17H2,3-5H3/t19-,21?,22?,23?,24?,25?,26?,28-,29?/m0/s1. The Kier molecular flexibility index (Phi) is 7.00. The Hall–Kier alpha value is -1.39. The van der Waals surface area contributed by atoms with Gasteiger partial charge in [0.2, 0.25) is 0 Å². The van der Waals surface area contributed by atoms with Gasteiger partial charge in [-0.2, -0.15) is 0 Å². The topological polar surface area (TPSA) is 66.8 Å². The lowest BCUT2D eigenvalue weighted by Crippen LogP contribution is -2.51. The molecule has 4 aliphatic carbocycles. The first-order valence-electron chi connectivity index (χ1n) is 13.1. The highest BCUT2D eigenvalue weighted by Crippen LogP contribution is 2.67. The van der Waals surface area contributed by atoms with Gasteiger partial charge in [0.1, 0.15) is 6.10 Å². The van der Waals surface area contributed by atoms with E-state index in [-0.39, 0.29) is 41.1 Å². The van der Waals surface area contributed by atoms with E-state index in [1.807, 2.05) is 6.08 Å². The summed E-state index contributed by atoms with van der Waals surface area (Å²) in [4.78, 5) is 12.4. The molecule has 9 atom stereocenters. The van der Waals surface area contributed by atoms with Gasteiger partial charge in [0.25, 0.3) is 0 Å². The highest BCUT2D eigenvalue weighted by Gasteiger charge is 2.59. The van der Waals surface area contributed by atoms with E-state index in [1.54, 1.807) is 0 Å². The van der Waals surface area contributed by atoms with Gasteiger partial charge < -0.3 is 14.9 Å². The van der Waals surface area contributed by atoms with Crippen molar-refractivity contribution in [2.24, 2.45) is 40.4 Å². The number of ether oxygens (including phenoxy) is 1. The Morgan fingerprint density at radius 3 is 2.70 bits per heavy atom. The zero-order valence-corrected chi connectivity index (χ0v) is 20.9. The summed E-state index contributed by atoms with van der Waals surface area (Å²) >= 11 is 0. The summed E-state index contributed by atoms with van der Waals surface area (Å²) < 4.78 is 5.84. The fourth-order valence-electron chi connectivity index (χ4n) is 8.62. The van der Waals surface area contributed by atoms with E-state index in [0.29, 0.717) is 18.3 Å². The quantitative estimate of drug-likeness (QED) is 0.297. The van der Waals surface area contributed by atoms with Crippen molar-refractivity contribution >= 4 is 5.97 Å². The molecule has 4 nitrogen and oxygen atoms in total. The summed E-state index contributed by atoms with van der Waals surface area (Å²) in [7, 11) is 0. The molecule has 0 saturated heterocycles. The monoisotopic (exact) mass is 456 g/mol. The molecule has 0 spiro atoms. The highest BCUT2D eigenvalue weighted by atomic mass is 16.5. The van der Waals surface area contributed by atoms with E-state index >= 15 is 0 Å². The van der Waals surface area contributed by atoms with Gasteiger partial charge >= 0.3 is 5.97 Å². The molecule has 0 aromatic carbocycles. The number of fused-ring (bicyclic) bond motifs is 5. The van der Waals surface area contributed by atoms with Crippen LogP contribution in [-0.2, 0) is 9.53 Å². The van der Waals surface area contributed by atoms with Crippen molar-refractivity contribution in [2.45, 2.75) is 90.8 Å². The van der Waals surface area contributed by atoms with Crippen molar-refractivity contribution in [2.75, 3.05) is 6.61 Å². The maximum Gasteiger partial charge on any atom is 0.336 e. The first kappa shape index (κ1) is 24.7. The number of esters is 1. The van der Waals surface area contributed by atoms with Crippen molar-refractivity contribution in [3.05, 3.63) is 36.5 Å². The van der Waals surface area contributed by atoms with E-state index < -0.39 is 5.97 Å². The Morgan fingerprint density at radius 1 is 1.24 bits per heavy atom. The van der Waals surface area contributed by atoms with Crippen LogP contribution in [0.3, 0.4) is 0 Å². The summed E-state index contributed by atoms with van der Waals surface area (Å²) in [5.41, 5.74) is 2.16. The van der Waals surface area contributed by atoms with Gasteiger partial charge in [-0.1, -0.05) is 45.1 Å². The average Bonchev–Trinajstić information content (AvgIpc) is 3.15. The van der Waals surface area contributed by atoms with E-state index in [0.717, 1.165) is 37.5 Å². The van der Waals surface area contributed by atoms with Crippen molar-refractivity contribution in [1.82, 2.24) is 0 Å². The molecule has 0 radical (unpaired) electrons. The maximum atomic E-state index is 12.4. The molecule has 0 bridgehead atoms. The average molecular weight is 457 g/mol. The lowest BCUT2D eigenvalue weighted by Gasteiger charge is -2.58. The number of carbonyl (C=O) groups excluding carboxylic acids is 1. The molecular weight excluding hydrogens is 412 g/mol. The van der Waals surface area contributed by atoms with Crippen LogP contribution in [0.1, 0.15) is 78.6 Å². The molecule has 3 saturated carbocycles. The number of rotatable bonds is 7. The lowest BCUT2D eigenvalue weighted by atomic mass is 9.47. The van der Waals surface area contributed by atoms with Gasteiger partial charge in [-0.15, -0.1) is 6.58 Å². The molecule has 0 aliphatic heterocycles. The normalized spacial score (nSPS) is 41.6. The van der Waals surface area contributed by atoms with Crippen LogP contribution in [0, 0.1) is 40.4 Å². The third-order valence-electron chi connectivity index (χ3n) is 10.5. The largest absolute Gasteiger partial charge is 0.458 e. The smallest absolute Gasteiger partial charge is 0.336 e. The number of aliphatic hydroxyl groups excluding tert-OH is 2.